The van der Waals surface area contributed by atoms with Crippen molar-refractivity contribution in [3.8, 4) is 11.1 Å². The van der Waals surface area contributed by atoms with Crippen LogP contribution in [0.15, 0.2) is 48.8 Å². The van der Waals surface area contributed by atoms with Crippen LogP contribution in [0.5, 0.6) is 0 Å². The van der Waals surface area contributed by atoms with Crippen LogP contribution in [0.1, 0.15) is 71.6 Å². The lowest BCUT2D eigenvalue weighted by Gasteiger charge is -2.24. The van der Waals surface area contributed by atoms with Crippen molar-refractivity contribution in [3.05, 3.63) is 70.8 Å². The highest BCUT2D eigenvalue weighted by Crippen LogP contribution is 2.49. The Morgan fingerprint density at radius 1 is 1.14 bits per heavy atom. The molecule has 2 aromatic heterocycles. The molecule has 2 aromatic carbocycles. The number of nitrogens with zero attached hydrogens (tertiary/aromatic N) is 6. The standard InChI is InChI=1S/C31H32ClN7O3/c1-31(2,3)42-30(41)35-19-10-11-38(16-19)29-33-14-18(15-34-29)17-8-9-22-23(12-17)39-24-13-25(27(39)36-22)37(4)28(40)20-6-5-7-21(32)26(20)24/h5-9,12,14-15,19,24-25H,10-11,13,16H2,1-4H3,(H,35,41)/t19-,24-,25-/m1/s1/i4D3. The summed E-state index contributed by atoms with van der Waals surface area (Å²) in [6.07, 6.45) is 4.22. The van der Waals surface area contributed by atoms with E-state index in [1.165, 1.54) is 0 Å². The van der Waals surface area contributed by atoms with Crippen LogP contribution in [-0.4, -0.2) is 68.1 Å². The summed E-state index contributed by atoms with van der Waals surface area (Å²) in [4.78, 5) is 42.8. The minimum Gasteiger partial charge on any atom is -0.444 e. The second-order valence-electron chi connectivity index (χ2n) is 12.0. The number of hydrogen-bond donors (Lipinski definition) is 1. The van der Waals surface area contributed by atoms with Gasteiger partial charge in [-0.3, -0.25) is 4.79 Å². The van der Waals surface area contributed by atoms with Gasteiger partial charge in [0.05, 0.1) is 29.2 Å². The van der Waals surface area contributed by atoms with E-state index in [0.29, 0.717) is 52.9 Å². The SMILES string of the molecule is [2H]C([2H])([2H])N1C(=O)c2cccc(Cl)c2[C@H]2C[C@@H]1c1nc3ccc(-c4cnc(N5CC[C@@H](NC(=O)OC(C)(C)C)C5)nc4)cc3n12. The second-order valence-corrected chi connectivity index (χ2v) is 12.4. The Kier molecular flexibility index (Phi) is 5.40. The van der Waals surface area contributed by atoms with Gasteiger partial charge in [-0.1, -0.05) is 23.7 Å². The van der Waals surface area contributed by atoms with E-state index in [4.69, 9.17) is 25.4 Å². The molecule has 11 heteroatoms. The molecule has 10 nitrogen and oxygen atoms in total. The molecule has 216 valence electrons. The van der Waals surface area contributed by atoms with E-state index in [2.05, 4.69) is 15.3 Å². The fourth-order valence-corrected chi connectivity index (χ4v) is 6.55. The van der Waals surface area contributed by atoms with Gasteiger partial charge in [-0.15, -0.1) is 0 Å². The van der Waals surface area contributed by atoms with Crippen LogP contribution in [0, 0.1) is 0 Å². The largest absolute Gasteiger partial charge is 0.444 e. The minimum absolute atomic E-state index is 0.0618. The maximum absolute atomic E-state index is 13.6. The Hall–Kier alpha value is -4.18. The molecule has 42 heavy (non-hydrogen) atoms. The van der Waals surface area contributed by atoms with E-state index in [1.807, 2.05) is 48.4 Å². The maximum atomic E-state index is 13.6. The first kappa shape index (κ1) is 23.4. The highest BCUT2D eigenvalue weighted by Gasteiger charge is 2.44. The summed E-state index contributed by atoms with van der Waals surface area (Å²) in [6, 6.07) is 9.70. The normalized spacial score (nSPS) is 22.7. The maximum Gasteiger partial charge on any atom is 0.407 e. The van der Waals surface area contributed by atoms with E-state index in [0.717, 1.165) is 28.0 Å². The number of rotatable bonds is 3. The smallest absolute Gasteiger partial charge is 0.407 e. The number of carbonyl (C=O) groups is 2. The number of carbonyl (C=O) groups excluding carboxylic acids is 2. The van der Waals surface area contributed by atoms with Gasteiger partial charge in [-0.2, -0.15) is 0 Å². The number of benzene rings is 2. The van der Waals surface area contributed by atoms with Crippen LogP contribution < -0.4 is 10.2 Å². The first-order chi connectivity index (χ1) is 21.3. The Morgan fingerprint density at radius 2 is 1.95 bits per heavy atom. The van der Waals surface area contributed by atoms with Crippen LogP contribution >= 0.6 is 11.6 Å². The van der Waals surface area contributed by atoms with E-state index in [-0.39, 0.29) is 12.1 Å². The number of ether oxygens (including phenoxy) is 1. The van der Waals surface area contributed by atoms with Gasteiger partial charge in [0.2, 0.25) is 5.95 Å². The third-order valence-electron chi connectivity index (χ3n) is 8.08. The Labute approximate surface area is 252 Å². The van der Waals surface area contributed by atoms with Crippen molar-refractivity contribution in [1.29, 1.82) is 0 Å². The van der Waals surface area contributed by atoms with Crippen LogP contribution in [0.25, 0.3) is 22.2 Å². The number of nitrogens with one attached hydrogen (secondary N) is 1. The molecule has 5 heterocycles. The summed E-state index contributed by atoms with van der Waals surface area (Å²) in [5.41, 5.74) is 3.51. The molecule has 3 aliphatic rings. The van der Waals surface area contributed by atoms with Crippen molar-refractivity contribution in [2.45, 2.75) is 57.3 Å². The van der Waals surface area contributed by atoms with Crippen LogP contribution in [0.3, 0.4) is 0 Å². The zero-order valence-electron chi connectivity index (χ0n) is 26.5. The summed E-state index contributed by atoms with van der Waals surface area (Å²) in [5, 5.41) is 3.34. The summed E-state index contributed by atoms with van der Waals surface area (Å²) in [7, 11) is 0. The molecule has 1 saturated heterocycles. The number of aromatic nitrogens is 4. The topological polar surface area (TPSA) is 105 Å². The molecule has 1 fully saturated rings. The van der Waals surface area contributed by atoms with E-state index >= 15 is 0 Å². The molecular formula is C31H32ClN7O3. The van der Waals surface area contributed by atoms with E-state index in [9.17, 15) is 9.59 Å². The molecule has 0 spiro atoms. The van der Waals surface area contributed by atoms with Crippen molar-refractivity contribution < 1.29 is 18.4 Å². The van der Waals surface area contributed by atoms with Crippen LogP contribution in [-0.2, 0) is 4.74 Å². The molecule has 2 amide bonds. The average Bonchev–Trinajstić information content (AvgIpc) is 3.64. The summed E-state index contributed by atoms with van der Waals surface area (Å²) in [6.45, 7) is 4.12. The van der Waals surface area contributed by atoms with Crippen molar-refractivity contribution in [1.82, 2.24) is 29.7 Å². The number of amides is 2. The monoisotopic (exact) mass is 588 g/mol. The van der Waals surface area contributed by atoms with Crippen molar-refractivity contribution in [3.63, 3.8) is 0 Å². The predicted octanol–water partition coefficient (Wildman–Crippen LogP) is 5.37. The number of imidazole rings is 1. The lowest BCUT2D eigenvalue weighted by Crippen LogP contribution is -2.40. The van der Waals surface area contributed by atoms with Gasteiger partial charge in [-0.05, 0) is 57.0 Å². The molecule has 0 radical (unpaired) electrons. The van der Waals surface area contributed by atoms with Gasteiger partial charge in [0.1, 0.15) is 11.4 Å². The lowest BCUT2D eigenvalue weighted by atomic mass is 9.98. The number of alkyl carbamates (subject to hydrolysis) is 1. The fraction of sp³-hybridized carbons (Fsp3) is 0.387. The van der Waals surface area contributed by atoms with Gasteiger partial charge >= 0.3 is 6.09 Å². The number of fused-ring (bicyclic) bond motifs is 9. The van der Waals surface area contributed by atoms with E-state index in [1.54, 1.807) is 30.6 Å². The van der Waals surface area contributed by atoms with Crippen molar-refractivity contribution in [2.24, 2.45) is 0 Å². The summed E-state index contributed by atoms with van der Waals surface area (Å²) < 4.78 is 32.0. The Morgan fingerprint density at radius 3 is 2.71 bits per heavy atom. The number of halogens is 1. The fourth-order valence-electron chi connectivity index (χ4n) is 6.24. The Bertz CT molecular complexity index is 1840. The number of hydrogen-bond acceptors (Lipinski definition) is 7. The first-order valence-electron chi connectivity index (χ1n) is 15.5. The molecule has 1 N–H and O–H groups in total. The molecule has 0 unspecified atom stereocenters. The van der Waals surface area contributed by atoms with E-state index < -0.39 is 30.6 Å². The molecule has 4 aromatic rings. The first-order valence-corrected chi connectivity index (χ1v) is 14.4. The third-order valence-corrected chi connectivity index (χ3v) is 8.41. The number of anilines is 1. The molecule has 7 rings (SSSR count). The third kappa shape index (κ3) is 4.45. The molecule has 0 aliphatic carbocycles. The van der Waals surface area contributed by atoms with Gasteiger partial charge in [0, 0.05) is 64.7 Å². The zero-order chi connectivity index (χ0) is 31.8. The van der Waals surface area contributed by atoms with Crippen LogP contribution in [0.2, 0.25) is 5.02 Å². The molecule has 2 bridgehead atoms. The molecule has 0 saturated carbocycles. The highest BCUT2D eigenvalue weighted by molar-refractivity contribution is 6.32. The van der Waals surface area contributed by atoms with Crippen molar-refractivity contribution in [2.75, 3.05) is 25.0 Å². The summed E-state index contributed by atoms with van der Waals surface area (Å²) >= 11 is 6.68. The van der Waals surface area contributed by atoms with Gasteiger partial charge < -0.3 is 24.4 Å². The zero-order valence-corrected chi connectivity index (χ0v) is 24.2. The van der Waals surface area contributed by atoms with Gasteiger partial charge in [0.15, 0.2) is 0 Å². The molecule has 3 atom stereocenters. The molecule has 3 aliphatic heterocycles. The lowest BCUT2D eigenvalue weighted by molar-refractivity contribution is 0.0508. The Balaban J connectivity index is 1.19. The predicted molar refractivity (Wildman–Crippen MR) is 160 cm³/mol. The van der Waals surface area contributed by atoms with Gasteiger partial charge in [0.25, 0.3) is 5.91 Å². The highest BCUT2D eigenvalue weighted by atomic mass is 35.5. The van der Waals surface area contributed by atoms with Crippen molar-refractivity contribution >= 4 is 40.6 Å². The average molecular weight is 589 g/mol. The van der Waals surface area contributed by atoms with Crippen LogP contribution in [0.4, 0.5) is 10.7 Å². The van der Waals surface area contributed by atoms with Gasteiger partial charge in [-0.25, -0.2) is 19.7 Å². The molecular weight excluding hydrogens is 554 g/mol. The quantitative estimate of drug-likeness (QED) is 0.343. The summed E-state index contributed by atoms with van der Waals surface area (Å²) in [5.74, 6) is 0.530. The second kappa shape index (κ2) is 9.69. The minimum atomic E-state index is -2.66.